The molecule has 0 aromatic heterocycles. The van der Waals surface area contributed by atoms with Crippen molar-refractivity contribution in [3.05, 3.63) is 72.3 Å². The number of benzene rings is 3. The molecule has 0 saturated heterocycles. The summed E-state index contributed by atoms with van der Waals surface area (Å²) in [5.74, 6) is 1.40. The van der Waals surface area contributed by atoms with Gasteiger partial charge in [0, 0.05) is 22.2 Å². The second-order valence-corrected chi connectivity index (χ2v) is 8.56. The van der Waals surface area contributed by atoms with Crippen molar-refractivity contribution in [2.24, 2.45) is 0 Å². The Morgan fingerprint density at radius 3 is 2.29 bits per heavy atom. The van der Waals surface area contributed by atoms with Gasteiger partial charge in [0.2, 0.25) is 5.91 Å². The molecule has 8 heteroatoms. The van der Waals surface area contributed by atoms with Crippen molar-refractivity contribution in [3.63, 3.8) is 0 Å². The Bertz CT molecular complexity index is 1150. The van der Waals surface area contributed by atoms with Gasteiger partial charge in [0.25, 0.3) is 5.91 Å². The highest BCUT2D eigenvalue weighted by Gasteiger charge is 2.20. The molecule has 7 nitrogen and oxygen atoms in total. The highest BCUT2D eigenvalue weighted by Crippen LogP contribution is 2.32. The van der Waals surface area contributed by atoms with Crippen LogP contribution in [-0.2, 0) is 4.79 Å². The molecule has 0 aliphatic heterocycles. The van der Waals surface area contributed by atoms with Crippen molar-refractivity contribution in [3.8, 4) is 17.2 Å². The fourth-order valence-corrected chi connectivity index (χ4v) is 4.23. The molecule has 2 amide bonds. The molecule has 0 aliphatic rings. The molecule has 0 heterocycles. The number of nitrogens with one attached hydrogen (secondary N) is 2. The van der Waals surface area contributed by atoms with Crippen LogP contribution in [0, 0.1) is 0 Å². The van der Waals surface area contributed by atoms with Gasteiger partial charge >= 0.3 is 0 Å². The predicted octanol–water partition coefficient (Wildman–Crippen LogP) is 5.47. The van der Waals surface area contributed by atoms with E-state index in [4.69, 9.17) is 14.2 Å². The van der Waals surface area contributed by atoms with Crippen LogP contribution in [-0.4, -0.2) is 38.4 Å². The van der Waals surface area contributed by atoms with Crippen molar-refractivity contribution in [2.75, 3.05) is 32.0 Å². The molecule has 3 aromatic carbocycles. The summed E-state index contributed by atoms with van der Waals surface area (Å²) in [6.45, 7) is 1.96. The minimum Gasteiger partial charge on any atom is -0.497 e. The van der Waals surface area contributed by atoms with Crippen LogP contribution in [0.25, 0.3) is 0 Å². The lowest BCUT2D eigenvalue weighted by Gasteiger charge is -2.17. The normalized spacial score (nSPS) is 11.3. The smallest absolute Gasteiger partial charge is 0.255 e. The summed E-state index contributed by atoms with van der Waals surface area (Å²) in [5.41, 5.74) is 1.72. The van der Waals surface area contributed by atoms with Crippen LogP contribution in [0.5, 0.6) is 17.2 Å². The van der Waals surface area contributed by atoms with Crippen LogP contribution in [0.15, 0.2) is 71.6 Å². The first-order chi connectivity index (χ1) is 16.5. The van der Waals surface area contributed by atoms with Crippen molar-refractivity contribution in [2.45, 2.75) is 23.5 Å². The minimum atomic E-state index is -0.337. The SMILES string of the molecule is CCC(Sc1cccc(NC(=O)c2cccc(OC)c2)c1)C(=O)Nc1ccc(OC)cc1OC. The molecule has 1 unspecified atom stereocenters. The monoisotopic (exact) mass is 480 g/mol. The standard InChI is InChI=1S/C26H28N2O5S/c1-5-24(26(30)28-22-13-12-20(32-3)16-23(22)33-4)34-21-11-7-9-18(15-21)27-25(29)17-8-6-10-19(14-17)31-2/h6-16,24H,5H2,1-4H3,(H,27,29)(H,28,30). The zero-order valence-electron chi connectivity index (χ0n) is 19.6. The van der Waals surface area contributed by atoms with E-state index in [1.54, 1.807) is 63.8 Å². The lowest BCUT2D eigenvalue weighted by molar-refractivity contribution is -0.115. The number of amides is 2. The largest absolute Gasteiger partial charge is 0.497 e. The Morgan fingerprint density at radius 1 is 0.853 bits per heavy atom. The van der Waals surface area contributed by atoms with Crippen LogP contribution in [0.3, 0.4) is 0 Å². The number of carbonyl (C=O) groups is 2. The molecule has 178 valence electrons. The summed E-state index contributed by atoms with van der Waals surface area (Å²) in [7, 11) is 4.68. The second kappa shape index (κ2) is 12.0. The molecule has 0 aliphatic carbocycles. The molecule has 34 heavy (non-hydrogen) atoms. The van der Waals surface area contributed by atoms with Gasteiger partial charge in [-0.2, -0.15) is 0 Å². The number of methoxy groups -OCH3 is 3. The molecule has 0 fully saturated rings. The average Bonchev–Trinajstić information content (AvgIpc) is 2.87. The third-order valence-corrected chi connectivity index (χ3v) is 6.39. The third kappa shape index (κ3) is 6.45. The Hall–Kier alpha value is -3.65. The Kier molecular flexibility index (Phi) is 8.81. The highest BCUT2D eigenvalue weighted by molar-refractivity contribution is 8.00. The van der Waals surface area contributed by atoms with Gasteiger partial charge in [0.05, 0.1) is 32.3 Å². The summed E-state index contributed by atoms with van der Waals surface area (Å²) < 4.78 is 15.8. The van der Waals surface area contributed by atoms with Gasteiger partial charge < -0.3 is 24.8 Å². The fourth-order valence-electron chi connectivity index (χ4n) is 3.22. The Morgan fingerprint density at radius 2 is 1.59 bits per heavy atom. The van der Waals surface area contributed by atoms with Gasteiger partial charge in [-0.1, -0.05) is 19.1 Å². The van der Waals surface area contributed by atoms with E-state index in [-0.39, 0.29) is 17.1 Å². The fraction of sp³-hybridized carbons (Fsp3) is 0.231. The van der Waals surface area contributed by atoms with E-state index in [0.717, 1.165) is 4.90 Å². The van der Waals surface area contributed by atoms with Crippen molar-refractivity contribution in [1.29, 1.82) is 0 Å². The Balaban J connectivity index is 1.68. The lowest BCUT2D eigenvalue weighted by Crippen LogP contribution is -2.24. The van der Waals surface area contributed by atoms with E-state index in [2.05, 4.69) is 10.6 Å². The van der Waals surface area contributed by atoms with Crippen molar-refractivity contribution in [1.82, 2.24) is 0 Å². The van der Waals surface area contributed by atoms with Gasteiger partial charge in [0.1, 0.15) is 17.2 Å². The average molecular weight is 481 g/mol. The van der Waals surface area contributed by atoms with Gasteiger partial charge in [-0.3, -0.25) is 9.59 Å². The number of anilines is 2. The lowest BCUT2D eigenvalue weighted by atomic mass is 10.2. The van der Waals surface area contributed by atoms with Gasteiger partial charge in [-0.05, 0) is 55.0 Å². The first-order valence-electron chi connectivity index (χ1n) is 10.7. The molecular weight excluding hydrogens is 452 g/mol. The first-order valence-corrected chi connectivity index (χ1v) is 11.6. The molecule has 2 N–H and O–H groups in total. The first kappa shape index (κ1) is 25.0. The number of hydrogen-bond acceptors (Lipinski definition) is 6. The van der Waals surface area contributed by atoms with E-state index in [9.17, 15) is 9.59 Å². The van der Waals surface area contributed by atoms with Gasteiger partial charge in [-0.15, -0.1) is 11.8 Å². The maximum Gasteiger partial charge on any atom is 0.255 e. The molecule has 0 spiro atoms. The molecular formula is C26H28N2O5S. The van der Waals surface area contributed by atoms with E-state index in [1.165, 1.54) is 11.8 Å². The maximum absolute atomic E-state index is 13.0. The van der Waals surface area contributed by atoms with Gasteiger partial charge in [0.15, 0.2) is 0 Å². The maximum atomic E-state index is 13.0. The third-order valence-electron chi connectivity index (χ3n) is 5.03. The van der Waals surface area contributed by atoms with Crippen LogP contribution in [0.2, 0.25) is 0 Å². The highest BCUT2D eigenvalue weighted by atomic mass is 32.2. The summed E-state index contributed by atoms with van der Waals surface area (Å²) >= 11 is 1.43. The van der Waals surface area contributed by atoms with Crippen molar-refractivity contribution >= 4 is 35.0 Å². The molecule has 0 radical (unpaired) electrons. The molecule has 3 aromatic rings. The van der Waals surface area contributed by atoms with Crippen LogP contribution < -0.4 is 24.8 Å². The minimum absolute atomic E-state index is 0.137. The topological polar surface area (TPSA) is 85.9 Å². The van der Waals surface area contributed by atoms with E-state index in [0.29, 0.717) is 40.6 Å². The molecule has 1 atom stereocenters. The van der Waals surface area contributed by atoms with Crippen LogP contribution in [0.1, 0.15) is 23.7 Å². The summed E-state index contributed by atoms with van der Waals surface area (Å²) in [4.78, 5) is 26.5. The number of thioether (sulfide) groups is 1. The quantitative estimate of drug-likeness (QED) is 0.374. The van der Waals surface area contributed by atoms with E-state index >= 15 is 0 Å². The predicted molar refractivity (Wildman–Crippen MR) is 136 cm³/mol. The summed E-state index contributed by atoms with van der Waals surface area (Å²) in [6.07, 6.45) is 0.620. The zero-order chi connectivity index (χ0) is 24.5. The van der Waals surface area contributed by atoms with Gasteiger partial charge in [-0.25, -0.2) is 0 Å². The van der Waals surface area contributed by atoms with Crippen LogP contribution in [0.4, 0.5) is 11.4 Å². The Labute approximate surface area is 203 Å². The van der Waals surface area contributed by atoms with E-state index < -0.39 is 0 Å². The number of hydrogen-bond donors (Lipinski definition) is 2. The number of ether oxygens (including phenoxy) is 3. The van der Waals surface area contributed by atoms with Crippen LogP contribution >= 0.6 is 11.8 Å². The molecule has 0 saturated carbocycles. The van der Waals surface area contributed by atoms with Crippen molar-refractivity contribution < 1.29 is 23.8 Å². The number of rotatable bonds is 10. The molecule has 3 rings (SSSR count). The summed E-state index contributed by atoms with van der Waals surface area (Å²) in [5, 5.41) is 5.50. The molecule has 0 bridgehead atoms. The summed E-state index contributed by atoms with van der Waals surface area (Å²) in [6, 6.07) is 19.6. The zero-order valence-corrected chi connectivity index (χ0v) is 20.4. The number of carbonyl (C=O) groups excluding carboxylic acids is 2. The van der Waals surface area contributed by atoms with E-state index in [1.807, 2.05) is 31.2 Å². The second-order valence-electron chi connectivity index (χ2n) is 7.28.